The Bertz CT molecular complexity index is 4730. The van der Waals surface area contributed by atoms with Crippen LogP contribution in [0.1, 0.15) is 132 Å². The Kier molecular flexibility index (Phi) is 13.1. The Morgan fingerprint density at radius 2 is 0.744 bits per heavy atom. The normalized spacial score (nSPS) is 12.9. The van der Waals surface area contributed by atoms with Crippen LogP contribution in [0.5, 0.6) is 5.75 Å². The Labute approximate surface area is 507 Å². The van der Waals surface area contributed by atoms with E-state index in [1.54, 1.807) is 6.07 Å². The van der Waals surface area contributed by atoms with Gasteiger partial charge in [-0.25, -0.2) is 4.98 Å². The maximum Gasteiger partial charge on any atom is 0.149 e. The highest BCUT2D eigenvalue weighted by Crippen LogP contribution is 2.45. The molecular weight excluding hydrogens is 1050 g/mol. The summed E-state index contributed by atoms with van der Waals surface area (Å²) in [6.45, 7) is 34.4. The van der Waals surface area contributed by atoms with Gasteiger partial charge >= 0.3 is 0 Å². The quantitative estimate of drug-likeness (QED) is 0.173. The van der Waals surface area contributed by atoms with E-state index in [1.165, 1.54) is 66.1 Å². The summed E-state index contributed by atoms with van der Waals surface area (Å²) in [6.07, 6.45) is 1.97. The molecule has 0 aliphatic carbocycles. The molecule has 0 unspecified atom stereocenters. The lowest BCUT2D eigenvalue weighted by Crippen LogP contribution is -2.17. The van der Waals surface area contributed by atoms with E-state index in [-0.39, 0.29) is 32.8 Å². The van der Waals surface area contributed by atoms with E-state index in [4.69, 9.17) is 9.97 Å². The van der Waals surface area contributed by atoms with Crippen LogP contribution in [0, 0.1) is 0 Å². The number of aromatic hydroxyl groups is 1. The van der Waals surface area contributed by atoms with Gasteiger partial charge in [0.25, 0.3) is 0 Å². The first-order valence-electron chi connectivity index (χ1n) is 30.5. The zero-order valence-electron chi connectivity index (χ0n) is 52.7. The van der Waals surface area contributed by atoms with E-state index in [0.717, 1.165) is 67.0 Å². The summed E-state index contributed by atoms with van der Waals surface area (Å²) < 4.78 is 7.18. The van der Waals surface area contributed by atoms with E-state index in [9.17, 15) is 5.11 Å². The average Bonchev–Trinajstić information content (AvgIpc) is 2.22. The standard InChI is InChI=1S/C80H79N5O/c1-76(2,3)53-41-54(77(4,5)6)44-59(43-53)84-70-30-22-18-26-63(70)66-39-49(32-33-71(66)84)50-34-35-81-67(40-50)52-36-51(37-58(38-52)83-68-28-20-16-24-61(68)62-25-17-21-29-69(62)83)65-47-57(80(13,14)15)48-72-74(65)82-75(64-27-19-23-31-73(64)86)85(72)60-45-55(78(7,8)9)42-56(46-60)79(10,11)12/h16-48,86H,1-15H3. The second-order valence-corrected chi connectivity index (χ2v) is 29.1. The molecule has 86 heavy (non-hydrogen) atoms. The maximum absolute atomic E-state index is 11.8. The molecule has 1 N–H and O–H groups in total. The van der Waals surface area contributed by atoms with Crippen molar-refractivity contribution in [3.05, 3.63) is 228 Å². The molecule has 0 saturated carbocycles. The third kappa shape index (κ3) is 9.87. The van der Waals surface area contributed by atoms with Crippen molar-refractivity contribution in [3.63, 3.8) is 0 Å². The average molecular weight is 1130 g/mol. The number of phenolic OH excluding ortho intramolecular Hbond substituents is 1. The van der Waals surface area contributed by atoms with Crippen molar-refractivity contribution in [3.8, 4) is 67.7 Å². The van der Waals surface area contributed by atoms with E-state index >= 15 is 0 Å². The van der Waals surface area contributed by atoms with Crippen molar-refractivity contribution in [2.45, 2.75) is 131 Å². The topological polar surface area (TPSA) is 60.8 Å². The summed E-state index contributed by atoms with van der Waals surface area (Å²) in [5.74, 6) is 0.856. The number of fused-ring (bicyclic) bond motifs is 7. The highest BCUT2D eigenvalue weighted by atomic mass is 16.3. The largest absolute Gasteiger partial charge is 0.507 e. The number of aromatic nitrogens is 5. The Hall–Kier alpha value is -9.00. The molecule has 0 amide bonds. The van der Waals surface area contributed by atoms with Gasteiger partial charge in [0.1, 0.15) is 11.6 Å². The zero-order chi connectivity index (χ0) is 60.6. The lowest BCUT2D eigenvalue weighted by atomic mass is 9.80. The van der Waals surface area contributed by atoms with Crippen molar-refractivity contribution in [2.24, 2.45) is 0 Å². The van der Waals surface area contributed by atoms with Crippen LogP contribution in [0.3, 0.4) is 0 Å². The van der Waals surface area contributed by atoms with Crippen molar-refractivity contribution < 1.29 is 5.11 Å². The molecule has 4 aromatic heterocycles. The van der Waals surface area contributed by atoms with Crippen LogP contribution < -0.4 is 0 Å². The lowest BCUT2D eigenvalue weighted by molar-refractivity contribution is 0.477. The first-order chi connectivity index (χ1) is 40.7. The van der Waals surface area contributed by atoms with Crippen molar-refractivity contribution >= 4 is 54.6 Å². The summed E-state index contributed by atoms with van der Waals surface area (Å²) in [4.78, 5) is 11.0. The molecule has 0 aliphatic heterocycles. The maximum atomic E-state index is 11.8. The summed E-state index contributed by atoms with van der Waals surface area (Å²) in [6, 6.07) is 71.2. The van der Waals surface area contributed by atoms with Crippen LogP contribution in [0.15, 0.2) is 200 Å². The van der Waals surface area contributed by atoms with Gasteiger partial charge in [0.05, 0.1) is 44.4 Å². The van der Waals surface area contributed by atoms with E-state index < -0.39 is 0 Å². The Morgan fingerprint density at radius 3 is 1.27 bits per heavy atom. The molecule has 0 atom stereocenters. The summed E-state index contributed by atoms with van der Waals surface area (Å²) in [5, 5.41) is 16.6. The lowest BCUT2D eigenvalue weighted by Gasteiger charge is -2.27. The van der Waals surface area contributed by atoms with E-state index in [0.29, 0.717) is 11.4 Å². The molecular formula is C80H79N5O. The van der Waals surface area contributed by atoms with Gasteiger partial charge in [-0.3, -0.25) is 9.55 Å². The van der Waals surface area contributed by atoms with Crippen molar-refractivity contribution in [1.82, 2.24) is 23.7 Å². The summed E-state index contributed by atoms with van der Waals surface area (Å²) in [5.41, 5.74) is 22.1. The first kappa shape index (κ1) is 56.1. The smallest absolute Gasteiger partial charge is 0.149 e. The van der Waals surface area contributed by atoms with Gasteiger partial charge in [0, 0.05) is 55.9 Å². The predicted molar refractivity (Wildman–Crippen MR) is 364 cm³/mol. The molecule has 6 nitrogen and oxygen atoms in total. The minimum absolute atomic E-state index is 0.0248. The third-order valence-corrected chi connectivity index (χ3v) is 17.7. The highest BCUT2D eigenvalue weighted by Gasteiger charge is 2.29. The fraction of sp³-hybridized carbons (Fsp3) is 0.250. The molecule has 0 radical (unpaired) electrons. The van der Waals surface area contributed by atoms with Gasteiger partial charge in [-0.2, -0.15) is 0 Å². The molecule has 6 heteroatoms. The molecule has 0 fully saturated rings. The fourth-order valence-electron chi connectivity index (χ4n) is 12.6. The van der Waals surface area contributed by atoms with Gasteiger partial charge in [0.2, 0.25) is 0 Å². The van der Waals surface area contributed by atoms with Crippen molar-refractivity contribution in [1.29, 1.82) is 0 Å². The summed E-state index contributed by atoms with van der Waals surface area (Å²) in [7, 11) is 0. The number of benzene rings is 9. The molecule has 13 rings (SSSR count). The van der Waals surface area contributed by atoms with Crippen LogP contribution in [0.2, 0.25) is 0 Å². The SMILES string of the molecule is CC(C)(C)c1cc(-n2c(-c3ccccc3O)nc3c(-c4cc(-c5cc(-c6ccc7c(c6)c6ccccc6n7-c6cc(C(C)(C)C)cc(C(C)(C)C)c6)ccn5)cc(-n5c6ccccc6c6ccccc65)c4)cc(C(C)(C)C)cc32)cc(C(C)(C)C)c1. The van der Waals surface area contributed by atoms with Gasteiger partial charge in [-0.05, 0) is 181 Å². The number of imidazole rings is 1. The molecule has 0 saturated heterocycles. The first-order valence-corrected chi connectivity index (χ1v) is 30.5. The Morgan fingerprint density at radius 1 is 0.314 bits per heavy atom. The van der Waals surface area contributed by atoms with Crippen LogP contribution >= 0.6 is 0 Å². The van der Waals surface area contributed by atoms with Gasteiger partial charge in [-0.15, -0.1) is 0 Å². The third-order valence-electron chi connectivity index (χ3n) is 17.7. The molecule has 0 aliphatic rings. The number of pyridine rings is 1. The van der Waals surface area contributed by atoms with Gasteiger partial charge < -0.3 is 14.2 Å². The van der Waals surface area contributed by atoms with Crippen LogP contribution in [-0.2, 0) is 27.1 Å². The van der Waals surface area contributed by atoms with Crippen LogP contribution in [0.25, 0.3) is 117 Å². The van der Waals surface area contributed by atoms with Gasteiger partial charge in [-0.1, -0.05) is 189 Å². The predicted octanol–water partition coefficient (Wildman–Crippen LogP) is 21.5. The molecule has 0 spiro atoms. The second kappa shape index (κ2) is 20.1. The molecule has 4 heterocycles. The molecule has 430 valence electrons. The highest BCUT2D eigenvalue weighted by molar-refractivity contribution is 6.11. The minimum atomic E-state index is -0.251. The second-order valence-electron chi connectivity index (χ2n) is 29.1. The van der Waals surface area contributed by atoms with E-state index in [2.05, 4.69) is 287 Å². The van der Waals surface area contributed by atoms with Crippen molar-refractivity contribution in [2.75, 3.05) is 0 Å². The van der Waals surface area contributed by atoms with E-state index in [1.807, 2.05) is 24.4 Å². The number of hydrogen-bond donors (Lipinski definition) is 1. The fourth-order valence-corrected chi connectivity index (χ4v) is 12.6. The number of phenols is 1. The molecule has 9 aromatic carbocycles. The van der Waals surface area contributed by atoms with Crippen LogP contribution in [0.4, 0.5) is 0 Å². The minimum Gasteiger partial charge on any atom is -0.507 e. The van der Waals surface area contributed by atoms with Gasteiger partial charge in [0.15, 0.2) is 0 Å². The zero-order valence-corrected chi connectivity index (χ0v) is 52.7. The molecule has 13 aromatic rings. The number of nitrogens with zero attached hydrogens (tertiary/aromatic N) is 5. The molecule has 0 bridgehead atoms. The number of hydrogen-bond acceptors (Lipinski definition) is 3. The van der Waals surface area contributed by atoms with Crippen LogP contribution in [-0.4, -0.2) is 28.8 Å². The Balaban J connectivity index is 1.06. The monoisotopic (exact) mass is 1130 g/mol. The summed E-state index contributed by atoms with van der Waals surface area (Å²) >= 11 is 0. The number of para-hydroxylation sites is 4. The number of rotatable bonds is 7.